The van der Waals surface area contributed by atoms with Gasteiger partial charge in [-0.3, -0.25) is 0 Å². The van der Waals surface area contributed by atoms with Crippen molar-refractivity contribution >= 4 is 21.7 Å². The van der Waals surface area contributed by atoms with Crippen LogP contribution in [0.15, 0.2) is 16.7 Å². The lowest BCUT2D eigenvalue weighted by Gasteiger charge is -2.15. The molecule has 1 N–H and O–H groups in total. The predicted octanol–water partition coefficient (Wildman–Crippen LogP) is 2.18. The zero-order chi connectivity index (χ0) is 11.3. The fourth-order valence-corrected chi connectivity index (χ4v) is 1.48. The smallest absolute Gasteiger partial charge is 0.173 e. The molecule has 1 rings (SSSR count). The molecule has 1 aromatic rings. The highest BCUT2D eigenvalue weighted by atomic mass is 79.9. The van der Waals surface area contributed by atoms with Gasteiger partial charge in [0.25, 0.3) is 0 Å². The van der Waals surface area contributed by atoms with Crippen LogP contribution in [0.2, 0.25) is 0 Å². The standard InChI is InChI=1S/C10H15BrN2O2/c1-7-4-5-12-10(9(7)11)13-6-8(14-2)15-3/h4-5,8H,6H2,1-3H3,(H,12,13). The van der Waals surface area contributed by atoms with Gasteiger partial charge in [0.15, 0.2) is 6.29 Å². The number of aromatic nitrogens is 1. The first-order chi connectivity index (χ1) is 7.19. The lowest BCUT2D eigenvalue weighted by atomic mass is 10.3. The third-order valence-electron chi connectivity index (χ3n) is 2.04. The molecule has 0 saturated heterocycles. The van der Waals surface area contributed by atoms with E-state index in [0.717, 1.165) is 15.9 Å². The fraction of sp³-hybridized carbons (Fsp3) is 0.500. The van der Waals surface area contributed by atoms with E-state index in [-0.39, 0.29) is 6.29 Å². The van der Waals surface area contributed by atoms with Crippen molar-refractivity contribution in [2.24, 2.45) is 0 Å². The highest BCUT2D eigenvalue weighted by molar-refractivity contribution is 9.10. The van der Waals surface area contributed by atoms with Gasteiger partial charge in [0.1, 0.15) is 5.82 Å². The van der Waals surface area contributed by atoms with Crippen molar-refractivity contribution in [2.75, 3.05) is 26.1 Å². The van der Waals surface area contributed by atoms with Crippen molar-refractivity contribution in [3.8, 4) is 0 Å². The minimum Gasteiger partial charge on any atom is -0.364 e. The highest BCUT2D eigenvalue weighted by Gasteiger charge is 2.07. The Morgan fingerprint density at radius 3 is 2.73 bits per heavy atom. The summed E-state index contributed by atoms with van der Waals surface area (Å²) in [6, 6.07) is 1.94. The number of hydrogen-bond donors (Lipinski definition) is 1. The molecule has 1 heterocycles. The number of halogens is 1. The maximum atomic E-state index is 5.06. The summed E-state index contributed by atoms with van der Waals surface area (Å²) in [6.45, 7) is 2.57. The zero-order valence-electron chi connectivity index (χ0n) is 9.08. The van der Waals surface area contributed by atoms with Gasteiger partial charge < -0.3 is 14.8 Å². The Hall–Kier alpha value is -0.650. The number of methoxy groups -OCH3 is 2. The van der Waals surface area contributed by atoms with E-state index in [1.54, 1.807) is 20.4 Å². The Labute approximate surface area is 98.1 Å². The lowest BCUT2D eigenvalue weighted by Crippen LogP contribution is -2.24. The van der Waals surface area contributed by atoms with Crippen LogP contribution in [0.25, 0.3) is 0 Å². The Balaban J connectivity index is 2.61. The van der Waals surface area contributed by atoms with Crippen molar-refractivity contribution in [3.63, 3.8) is 0 Å². The van der Waals surface area contributed by atoms with Crippen LogP contribution in [0.4, 0.5) is 5.82 Å². The first-order valence-electron chi connectivity index (χ1n) is 4.59. The molecule has 1 aromatic heterocycles. The number of pyridine rings is 1. The normalized spacial score (nSPS) is 10.7. The third-order valence-corrected chi connectivity index (χ3v) is 3.05. The maximum absolute atomic E-state index is 5.06. The molecule has 0 aliphatic carbocycles. The van der Waals surface area contributed by atoms with Crippen LogP contribution in [0, 0.1) is 6.92 Å². The van der Waals surface area contributed by atoms with E-state index in [1.165, 1.54) is 0 Å². The summed E-state index contributed by atoms with van der Waals surface area (Å²) >= 11 is 3.47. The predicted molar refractivity (Wildman–Crippen MR) is 63.0 cm³/mol. The van der Waals surface area contributed by atoms with E-state index in [9.17, 15) is 0 Å². The molecule has 0 fully saturated rings. The van der Waals surface area contributed by atoms with E-state index >= 15 is 0 Å². The number of ether oxygens (including phenoxy) is 2. The van der Waals surface area contributed by atoms with E-state index < -0.39 is 0 Å². The first-order valence-corrected chi connectivity index (χ1v) is 5.39. The summed E-state index contributed by atoms with van der Waals surface area (Å²) in [4.78, 5) is 4.21. The molecular formula is C10H15BrN2O2. The molecule has 0 aliphatic rings. The summed E-state index contributed by atoms with van der Waals surface area (Å²) < 4.78 is 11.1. The Morgan fingerprint density at radius 1 is 1.47 bits per heavy atom. The van der Waals surface area contributed by atoms with E-state index in [2.05, 4.69) is 26.2 Å². The number of nitrogens with one attached hydrogen (secondary N) is 1. The van der Waals surface area contributed by atoms with Crippen molar-refractivity contribution in [3.05, 3.63) is 22.3 Å². The van der Waals surface area contributed by atoms with Crippen LogP contribution in [0.1, 0.15) is 5.56 Å². The third kappa shape index (κ3) is 3.44. The molecule has 0 aliphatic heterocycles. The maximum Gasteiger partial charge on any atom is 0.173 e. The number of anilines is 1. The molecule has 15 heavy (non-hydrogen) atoms. The van der Waals surface area contributed by atoms with Crippen molar-refractivity contribution in [1.82, 2.24) is 4.98 Å². The molecule has 5 heteroatoms. The van der Waals surface area contributed by atoms with Gasteiger partial charge in [-0.25, -0.2) is 4.98 Å². The Kier molecular flexibility index (Phi) is 5.01. The van der Waals surface area contributed by atoms with Crippen LogP contribution >= 0.6 is 15.9 Å². The zero-order valence-corrected chi connectivity index (χ0v) is 10.7. The van der Waals surface area contributed by atoms with E-state index in [1.807, 2.05) is 13.0 Å². The van der Waals surface area contributed by atoms with Gasteiger partial charge in [-0.05, 0) is 34.5 Å². The summed E-state index contributed by atoms with van der Waals surface area (Å²) in [7, 11) is 3.21. The van der Waals surface area contributed by atoms with Gasteiger partial charge in [-0.2, -0.15) is 0 Å². The van der Waals surface area contributed by atoms with Gasteiger partial charge in [0.2, 0.25) is 0 Å². The highest BCUT2D eigenvalue weighted by Crippen LogP contribution is 2.23. The molecule has 0 saturated carbocycles. The van der Waals surface area contributed by atoms with Crippen LogP contribution in [-0.2, 0) is 9.47 Å². The number of hydrogen-bond acceptors (Lipinski definition) is 4. The van der Waals surface area contributed by atoms with Crippen molar-refractivity contribution in [1.29, 1.82) is 0 Å². The summed E-state index contributed by atoms with van der Waals surface area (Å²) in [5.41, 5.74) is 1.14. The Bertz CT molecular complexity index is 316. The van der Waals surface area contributed by atoms with Gasteiger partial charge in [0, 0.05) is 20.4 Å². The second-order valence-corrected chi connectivity index (χ2v) is 3.87. The van der Waals surface area contributed by atoms with Crippen molar-refractivity contribution < 1.29 is 9.47 Å². The van der Waals surface area contributed by atoms with Crippen LogP contribution in [0.3, 0.4) is 0 Å². The average molecular weight is 275 g/mol. The lowest BCUT2D eigenvalue weighted by molar-refractivity contribution is -0.0914. The van der Waals surface area contributed by atoms with Gasteiger partial charge >= 0.3 is 0 Å². The minimum absolute atomic E-state index is 0.265. The monoisotopic (exact) mass is 274 g/mol. The van der Waals surface area contributed by atoms with Gasteiger partial charge in [-0.1, -0.05) is 0 Å². The molecule has 0 aromatic carbocycles. The topological polar surface area (TPSA) is 43.4 Å². The SMILES string of the molecule is COC(CNc1nccc(C)c1Br)OC. The molecule has 4 nitrogen and oxygen atoms in total. The molecule has 84 valence electrons. The Morgan fingerprint density at radius 2 is 2.13 bits per heavy atom. The molecule has 0 amide bonds. The van der Waals surface area contributed by atoms with E-state index in [4.69, 9.17) is 9.47 Å². The quantitative estimate of drug-likeness (QED) is 0.836. The molecule has 0 radical (unpaired) electrons. The van der Waals surface area contributed by atoms with Gasteiger partial charge in [0.05, 0.1) is 11.0 Å². The average Bonchev–Trinajstić information content (AvgIpc) is 2.25. The summed E-state index contributed by atoms with van der Waals surface area (Å²) in [6.07, 6.45) is 1.50. The molecule has 0 bridgehead atoms. The second-order valence-electron chi connectivity index (χ2n) is 3.07. The number of rotatable bonds is 5. The molecule has 0 spiro atoms. The molecular weight excluding hydrogens is 260 g/mol. The fourth-order valence-electron chi connectivity index (χ4n) is 1.11. The van der Waals surface area contributed by atoms with Crippen LogP contribution in [-0.4, -0.2) is 32.0 Å². The van der Waals surface area contributed by atoms with E-state index in [0.29, 0.717) is 6.54 Å². The second kappa shape index (κ2) is 6.05. The summed E-state index contributed by atoms with van der Waals surface area (Å²) in [5, 5.41) is 3.15. The molecule has 0 unspecified atom stereocenters. The van der Waals surface area contributed by atoms with Crippen LogP contribution < -0.4 is 5.32 Å². The van der Waals surface area contributed by atoms with Crippen LogP contribution in [0.5, 0.6) is 0 Å². The first kappa shape index (κ1) is 12.4. The van der Waals surface area contributed by atoms with Crippen molar-refractivity contribution in [2.45, 2.75) is 13.2 Å². The number of aryl methyl sites for hydroxylation is 1. The van der Waals surface area contributed by atoms with Gasteiger partial charge in [-0.15, -0.1) is 0 Å². The number of nitrogens with zero attached hydrogens (tertiary/aromatic N) is 1. The minimum atomic E-state index is -0.265. The molecule has 0 atom stereocenters. The summed E-state index contributed by atoms with van der Waals surface area (Å²) in [5.74, 6) is 0.800. The largest absolute Gasteiger partial charge is 0.364 e.